The van der Waals surface area contributed by atoms with Crippen molar-refractivity contribution in [2.24, 2.45) is 23.7 Å². The van der Waals surface area contributed by atoms with E-state index in [2.05, 4.69) is 4.74 Å². The van der Waals surface area contributed by atoms with Gasteiger partial charge in [-0.3, -0.25) is 4.74 Å². The number of ether oxygens (including phenoxy) is 1. The fraction of sp³-hybridized carbons (Fsp3) is 1.00. The van der Waals surface area contributed by atoms with Gasteiger partial charge in [0.2, 0.25) is 0 Å². The van der Waals surface area contributed by atoms with Crippen LogP contribution in [0.2, 0.25) is 0 Å². The summed E-state index contributed by atoms with van der Waals surface area (Å²) in [5.41, 5.74) is 0. The lowest BCUT2D eigenvalue weighted by molar-refractivity contribution is -0.346. The van der Waals surface area contributed by atoms with Crippen molar-refractivity contribution < 1.29 is 17.9 Å². The van der Waals surface area contributed by atoms with Crippen LogP contribution in [0.25, 0.3) is 0 Å². The summed E-state index contributed by atoms with van der Waals surface area (Å²) in [6.45, 7) is 0. The Morgan fingerprint density at radius 1 is 0.522 bits per heavy atom. The first-order valence-corrected chi connectivity index (χ1v) is 9.76. The minimum atomic E-state index is -4.46. The van der Waals surface area contributed by atoms with Crippen molar-refractivity contribution in [2.75, 3.05) is 0 Å². The molecule has 1 nitrogen and oxygen atoms in total. The topological polar surface area (TPSA) is 9.23 Å². The van der Waals surface area contributed by atoms with E-state index in [4.69, 9.17) is 0 Å². The molecule has 0 saturated heterocycles. The van der Waals surface area contributed by atoms with Crippen molar-refractivity contribution in [1.82, 2.24) is 0 Å². The zero-order valence-corrected chi connectivity index (χ0v) is 14.1. The van der Waals surface area contributed by atoms with Crippen LogP contribution in [0.15, 0.2) is 0 Å². The maximum Gasteiger partial charge on any atom is 0.522 e. The van der Waals surface area contributed by atoms with Gasteiger partial charge in [-0.25, -0.2) is 0 Å². The van der Waals surface area contributed by atoms with E-state index in [1.54, 1.807) is 0 Å². The van der Waals surface area contributed by atoms with Crippen LogP contribution in [0.4, 0.5) is 13.2 Å². The zero-order chi connectivity index (χ0) is 16.3. The average Bonchev–Trinajstić information content (AvgIpc) is 2.55. The summed E-state index contributed by atoms with van der Waals surface area (Å²) in [7, 11) is 0. The smallest absolute Gasteiger partial charge is 0.289 e. The third kappa shape index (κ3) is 5.11. The highest BCUT2D eigenvalue weighted by molar-refractivity contribution is 4.85. The van der Waals surface area contributed by atoms with Gasteiger partial charge in [0.15, 0.2) is 0 Å². The summed E-state index contributed by atoms with van der Waals surface area (Å²) in [6.07, 6.45) is 10.5. The van der Waals surface area contributed by atoms with Gasteiger partial charge in [-0.2, -0.15) is 0 Å². The Hall–Kier alpha value is -0.250. The van der Waals surface area contributed by atoms with E-state index in [1.165, 1.54) is 57.8 Å². The second kappa shape index (κ2) is 7.76. The van der Waals surface area contributed by atoms with Crippen LogP contribution >= 0.6 is 0 Å². The monoisotopic (exact) mass is 332 g/mol. The summed E-state index contributed by atoms with van der Waals surface area (Å²) < 4.78 is 41.1. The van der Waals surface area contributed by atoms with Gasteiger partial charge in [0.1, 0.15) is 0 Å². The molecule has 0 aromatic heterocycles. The summed E-state index contributed by atoms with van der Waals surface area (Å²) in [6, 6.07) is 0. The van der Waals surface area contributed by atoms with Gasteiger partial charge in [-0.05, 0) is 75.0 Å². The third-order valence-electron chi connectivity index (χ3n) is 6.82. The zero-order valence-electron chi connectivity index (χ0n) is 14.1. The number of hydrogen-bond donors (Lipinski definition) is 0. The van der Waals surface area contributed by atoms with Crippen LogP contribution in [0.3, 0.4) is 0 Å². The van der Waals surface area contributed by atoms with Crippen molar-refractivity contribution >= 4 is 0 Å². The number of rotatable bonds is 3. The lowest BCUT2D eigenvalue weighted by Crippen LogP contribution is -2.32. The maximum atomic E-state index is 12.3. The molecule has 0 aromatic rings. The highest BCUT2D eigenvalue weighted by Gasteiger charge is 2.38. The largest absolute Gasteiger partial charge is 0.522 e. The highest BCUT2D eigenvalue weighted by atomic mass is 19.4. The Morgan fingerprint density at radius 2 is 0.913 bits per heavy atom. The third-order valence-corrected chi connectivity index (χ3v) is 6.82. The highest BCUT2D eigenvalue weighted by Crippen LogP contribution is 2.45. The quantitative estimate of drug-likeness (QED) is 0.575. The molecule has 0 heterocycles. The van der Waals surface area contributed by atoms with Crippen molar-refractivity contribution in [1.29, 1.82) is 0 Å². The molecule has 4 heteroatoms. The number of hydrogen-bond acceptors (Lipinski definition) is 1. The van der Waals surface area contributed by atoms with Crippen LogP contribution in [-0.2, 0) is 4.74 Å². The van der Waals surface area contributed by atoms with Gasteiger partial charge < -0.3 is 0 Å². The molecule has 0 aliphatic heterocycles. The molecule has 0 radical (unpaired) electrons. The molecule has 3 aliphatic carbocycles. The van der Waals surface area contributed by atoms with Gasteiger partial charge in [0, 0.05) is 0 Å². The first-order valence-electron chi connectivity index (χ1n) is 9.76. The van der Waals surface area contributed by atoms with Gasteiger partial charge in [-0.1, -0.05) is 32.1 Å². The molecular formula is C19H31F3O. The molecule has 3 fully saturated rings. The van der Waals surface area contributed by atoms with Crippen LogP contribution in [0, 0.1) is 23.7 Å². The molecule has 0 spiro atoms. The standard InChI is InChI=1S/C19H31F3O/c20-19(21,22)23-18-12-10-17(11-13-18)16-8-6-15(7-9-16)14-4-2-1-3-5-14/h14-18H,1-13H2. The van der Waals surface area contributed by atoms with E-state index in [-0.39, 0.29) is 0 Å². The second-order valence-electron chi connectivity index (χ2n) is 8.17. The van der Waals surface area contributed by atoms with E-state index in [9.17, 15) is 13.2 Å². The fourth-order valence-corrected chi connectivity index (χ4v) is 5.56. The van der Waals surface area contributed by atoms with Crippen LogP contribution in [0.5, 0.6) is 0 Å². The Bertz CT molecular complexity index is 346. The molecule has 0 bridgehead atoms. The van der Waals surface area contributed by atoms with E-state index < -0.39 is 12.5 Å². The van der Waals surface area contributed by atoms with Gasteiger partial charge in [0.25, 0.3) is 0 Å². The molecule has 3 aliphatic rings. The lowest BCUT2D eigenvalue weighted by atomic mass is 9.66. The molecule has 0 unspecified atom stereocenters. The SMILES string of the molecule is FC(F)(F)OC1CCC(C2CCC(C3CCCCC3)CC2)CC1. The van der Waals surface area contributed by atoms with Gasteiger partial charge in [-0.15, -0.1) is 13.2 Å². The predicted octanol–water partition coefficient (Wildman–Crippen LogP) is 6.47. The Labute approximate surface area is 138 Å². The minimum absolute atomic E-state index is 0.590. The van der Waals surface area contributed by atoms with Crippen molar-refractivity contribution in [3.63, 3.8) is 0 Å². The molecule has 0 amide bonds. The summed E-state index contributed by atoms with van der Waals surface area (Å²) in [5.74, 6) is 3.33. The van der Waals surface area contributed by atoms with E-state index >= 15 is 0 Å². The summed E-state index contributed by atoms with van der Waals surface area (Å²) >= 11 is 0. The maximum absolute atomic E-state index is 12.3. The Balaban J connectivity index is 1.39. The molecule has 3 rings (SSSR count). The van der Waals surface area contributed by atoms with Crippen molar-refractivity contribution in [2.45, 2.75) is 95.9 Å². The van der Waals surface area contributed by atoms with Gasteiger partial charge >= 0.3 is 6.36 Å². The fourth-order valence-electron chi connectivity index (χ4n) is 5.56. The van der Waals surface area contributed by atoms with Crippen molar-refractivity contribution in [3.8, 4) is 0 Å². The molecule has 0 N–H and O–H groups in total. The predicted molar refractivity (Wildman–Crippen MR) is 84.9 cm³/mol. The van der Waals surface area contributed by atoms with Crippen molar-refractivity contribution in [3.05, 3.63) is 0 Å². The summed E-state index contributed by atoms with van der Waals surface area (Å²) in [5, 5.41) is 0. The first kappa shape index (κ1) is 17.6. The molecular weight excluding hydrogens is 301 g/mol. The molecule has 0 aromatic carbocycles. The molecule has 3 saturated carbocycles. The molecule has 0 atom stereocenters. The normalized spacial score (nSPS) is 37.7. The minimum Gasteiger partial charge on any atom is -0.289 e. The Kier molecular flexibility index (Phi) is 5.92. The average molecular weight is 332 g/mol. The Morgan fingerprint density at radius 3 is 1.35 bits per heavy atom. The van der Waals surface area contributed by atoms with Crippen LogP contribution in [0.1, 0.15) is 83.5 Å². The second-order valence-corrected chi connectivity index (χ2v) is 8.17. The molecule has 23 heavy (non-hydrogen) atoms. The summed E-state index contributed by atoms with van der Waals surface area (Å²) in [4.78, 5) is 0. The van der Waals surface area contributed by atoms with E-state index in [0.29, 0.717) is 18.8 Å². The van der Waals surface area contributed by atoms with E-state index in [1.807, 2.05) is 0 Å². The molecule has 134 valence electrons. The lowest BCUT2D eigenvalue weighted by Gasteiger charge is -2.40. The van der Waals surface area contributed by atoms with Crippen LogP contribution in [-0.4, -0.2) is 12.5 Å². The number of halogens is 3. The number of alkyl halides is 3. The first-order chi connectivity index (χ1) is 11.0. The van der Waals surface area contributed by atoms with Crippen LogP contribution < -0.4 is 0 Å². The van der Waals surface area contributed by atoms with E-state index in [0.717, 1.165) is 30.6 Å². The van der Waals surface area contributed by atoms with Gasteiger partial charge in [0.05, 0.1) is 6.10 Å².